The Labute approximate surface area is 198 Å². The molecule has 2 atom stereocenters. The van der Waals surface area contributed by atoms with E-state index in [1.54, 1.807) is 6.07 Å². The lowest BCUT2D eigenvalue weighted by molar-refractivity contribution is 0.102. The van der Waals surface area contributed by atoms with Crippen LogP contribution in [0.2, 0.25) is 0 Å². The van der Waals surface area contributed by atoms with Gasteiger partial charge in [0.25, 0.3) is 5.91 Å². The number of aliphatic hydroxyl groups excluding tert-OH is 1. The van der Waals surface area contributed by atoms with E-state index in [1.807, 2.05) is 23.1 Å². The van der Waals surface area contributed by atoms with Crippen LogP contribution in [0.5, 0.6) is 0 Å². The van der Waals surface area contributed by atoms with E-state index in [2.05, 4.69) is 25.3 Å². The number of carbonyl (C=O) groups excluding carboxylic acids is 1. The van der Waals surface area contributed by atoms with Crippen LogP contribution >= 0.6 is 11.8 Å². The third kappa shape index (κ3) is 4.17. The van der Waals surface area contributed by atoms with Gasteiger partial charge >= 0.3 is 0 Å². The van der Waals surface area contributed by atoms with E-state index in [-0.39, 0.29) is 18.2 Å². The number of aromatic nitrogens is 4. The number of nitrogens with one attached hydrogen (secondary N) is 1. The van der Waals surface area contributed by atoms with Gasteiger partial charge in [-0.15, -0.1) is 0 Å². The smallest absolute Gasteiger partial charge is 0.275 e. The highest BCUT2D eigenvalue weighted by molar-refractivity contribution is 8.13. The molecule has 1 aromatic carbocycles. The molecule has 0 bridgehead atoms. The Bertz CT molecular complexity index is 1240. The van der Waals surface area contributed by atoms with E-state index in [1.165, 1.54) is 24.2 Å². The van der Waals surface area contributed by atoms with Crippen LogP contribution in [0.15, 0.2) is 54.0 Å². The molecule has 34 heavy (non-hydrogen) atoms. The number of halogens is 1. The summed E-state index contributed by atoms with van der Waals surface area (Å²) in [5.41, 5.74) is 7.47. The highest BCUT2D eigenvalue weighted by atomic mass is 32.2. The lowest BCUT2D eigenvalue weighted by Crippen LogP contribution is -2.40. The maximum Gasteiger partial charge on any atom is 0.275 e. The molecule has 0 unspecified atom stereocenters. The number of thioether (sulfide) groups is 1. The summed E-state index contributed by atoms with van der Waals surface area (Å²) in [6.07, 6.45) is 4.97. The quantitative estimate of drug-likeness (QED) is 0.495. The zero-order chi connectivity index (χ0) is 23.7. The Kier molecular flexibility index (Phi) is 5.84. The third-order valence-electron chi connectivity index (χ3n) is 5.90. The minimum atomic E-state index is -0.656. The number of aliphatic imine (C=N–C) groups is 1. The first-order chi connectivity index (χ1) is 16.5. The van der Waals surface area contributed by atoms with Gasteiger partial charge in [-0.05, 0) is 17.7 Å². The van der Waals surface area contributed by atoms with Crippen molar-refractivity contribution in [2.45, 2.75) is 12.1 Å². The van der Waals surface area contributed by atoms with Gasteiger partial charge in [0, 0.05) is 23.9 Å². The van der Waals surface area contributed by atoms with Gasteiger partial charge in [0.15, 0.2) is 11.0 Å². The van der Waals surface area contributed by atoms with Crippen molar-refractivity contribution < 1.29 is 14.3 Å². The maximum absolute atomic E-state index is 13.3. The van der Waals surface area contributed by atoms with Crippen LogP contribution in [0.25, 0.3) is 0 Å². The average molecular weight is 481 g/mol. The lowest BCUT2D eigenvalue weighted by atomic mass is 9.81. The normalized spacial score (nSPS) is 21.6. The van der Waals surface area contributed by atoms with Gasteiger partial charge < -0.3 is 21.1 Å². The zero-order valence-electron chi connectivity index (χ0n) is 17.9. The molecule has 4 heterocycles. The first kappa shape index (κ1) is 22.2. The van der Waals surface area contributed by atoms with Crippen molar-refractivity contribution in [3.8, 4) is 0 Å². The molecule has 0 aliphatic carbocycles. The van der Waals surface area contributed by atoms with Crippen molar-refractivity contribution in [3.05, 3.63) is 71.8 Å². The van der Waals surface area contributed by atoms with Crippen molar-refractivity contribution in [1.29, 1.82) is 0 Å². The van der Waals surface area contributed by atoms with Gasteiger partial charge in [-0.3, -0.25) is 9.78 Å². The fourth-order valence-corrected chi connectivity index (χ4v) is 5.24. The summed E-state index contributed by atoms with van der Waals surface area (Å²) in [6, 6.07) is 7.47. The van der Waals surface area contributed by atoms with E-state index in [0.717, 1.165) is 23.7 Å². The van der Waals surface area contributed by atoms with Crippen molar-refractivity contribution in [3.63, 3.8) is 0 Å². The second-order valence-corrected chi connectivity index (χ2v) is 9.09. The first-order valence-corrected chi connectivity index (χ1v) is 11.5. The van der Waals surface area contributed by atoms with E-state index >= 15 is 0 Å². The van der Waals surface area contributed by atoms with Gasteiger partial charge in [0.05, 0.1) is 43.6 Å². The predicted octanol–water partition coefficient (Wildman–Crippen LogP) is 1.54. The third-order valence-corrected chi connectivity index (χ3v) is 6.86. The number of fused-ring (bicyclic) bond motifs is 1. The number of hydrogen-bond acceptors (Lipinski definition) is 10. The summed E-state index contributed by atoms with van der Waals surface area (Å²) in [7, 11) is 0. The molecule has 2 aliphatic heterocycles. The highest BCUT2D eigenvalue weighted by Crippen LogP contribution is 2.46. The largest absolute Gasteiger partial charge is 0.390 e. The number of carbonyl (C=O) groups is 1. The average Bonchev–Trinajstić information content (AvgIpc) is 3.24. The predicted molar refractivity (Wildman–Crippen MR) is 126 cm³/mol. The summed E-state index contributed by atoms with van der Waals surface area (Å²) < 4.78 is 13.3. The fraction of sp³-hybridized carbons (Fsp3) is 0.273. The van der Waals surface area contributed by atoms with E-state index in [9.17, 15) is 9.18 Å². The molecule has 0 spiro atoms. The monoisotopic (exact) mass is 480 g/mol. The first-order valence-electron chi connectivity index (χ1n) is 10.5. The Morgan fingerprint density at radius 1 is 1.24 bits per heavy atom. The van der Waals surface area contributed by atoms with Crippen molar-refractivity contribution in [2.24, 2.45) is 16.6 Å². The number of amides is 1. The number of anilines is 2. The van der Waals surface area contributed by atoms with Crippen LogP contribution in [0.1, 0.15) is 21.7 Å². The molecule has 0 saturated carbocycles. The van der Waals surface area contributed by atoms with Crippen molar-refractivity contribution in [1.82, 2.24) is 19.9 Å². The van der Waals surface area contributed by atoms with Crippen LogP contribution in [0.4, 0.5) is 16.0 Å². The molecule has 1 fully saturated rings. The molecular weight excluding hydrogens is 459 g/mol. The molecule has 2 aliphatic rings. The van der Waals surface area contributed by atoms with Gasteiger partial charge in [-0.25, -0.2) is 24.3 Å². The van der Waals surface area contributed by atoms with Gasteiger partial charge in [-0.1, -0.05) is 23.9 Å². The van der Waals surface area contributed by atoms with Gasteiger partial charge in [0.2, 0.25) is 5.95 Å². The molecular formula is C22H21FN8O2S. The minimum Gasteiger partial charge on any atom is -0.390 e. The number of benzene rings is 1. The van der Waals surface area contributed by atoms with Crippen LogP contribution in [0.3, 0.4) is 0 Å². The number of aliphatic hydroxyl groups is 1. The second kappa shape index (κ2) is 8.95. The molecule has 1 amide bonds. The van der Waals surface area contributed by atoms with Crippen LogP contribution in [-0.2, 0) is 12.1 Å². The van der Waals surface area contributed by atoms with Gasteiger partial charge in [0.1, 0.15) is 11.2 Å². The Morgan fingerprint density at radius 3 is 2.79 bits per heavy atom. The Morgan fingerprint density at radius 2 is 2.06 bits per heavy atom. The van der Waals surface area contributed by atoms with Crippen LogP contribution < -0.4 is 16.0 Å². The summed E-state index contributed by atoms with van der Waals surface area (Å²) in [5.74, 6) is 0.394. The zero-order valence-corrected chi connectivity index (χ0v) is 18.7. The molecule has 10 nitrogen and oxygen atoms in total. The van der Waals surface area contributed by atoms with Crippen LogP contribution in [-0.4, -0.2) is 55.0 Å². The molecule has 0 radical (unpaired) electrons. The number of nitrogens with zero attached hydrogens (tertiary/aromatic N) is 6. The van der Waals surface area contributed by atoms with Crippen molar-refractivity contribution >= 4 is 34.5 Å². The fourth-order valence-electron chi connectivity index (χ4n) is 4.26. The molecule has 5 rings (SSSR count). The maximum atomic E-state index is 13.3. The molecule has 1 saturated heterocycles. The summed E-state index contributed by atoms with van der Waals surface area (Å²) in [6.45, 7) is 0.858. The summed E-state index contributed by atoms with van der Waals surface area (Å²) in [4.78, 5) is 35.8. The van der Waals surface area contributed by atoms with Crippen LogP contribution in [0, 0.1) is 11.7 Å². The minimum absolute atomic E-state index is 0.112. The number of rotatable bonds is 5. The summed E-state index contributed by atoms with van der Waals surface area (Å²) in [5, 5.41) is 12.4. The highest BCUT2D eigenvalue weighted by Gasteiger charge is 2.50. The molecule has 174 valence electrons. The SMILES string of the molecule is NC1=N[C@@]2(c3cccc(NC(=O)c4cnc(CO)cn4)c3)CN(c3ncc(F)cn3)C[C@H]2CS1. The number of nitrogens with two attached hydrogens (primary N) is 1. The number of hydrogen-bond donors (Lipinski definition) is 3. The molecule has 12 heteroatoms. The Hall–Kier alpha value is -3.64. The molecule has 3 aromatic rings. The summed E-state index contributed by atoms with van der Waals surface area (Å²) >= 11 is 1.50. The van der Waals surface area contributed by atoms with E-state index in [4.69, 9.17) is 15.8 Å². The Balaban J connectivity index is 1.44. The lowest BCUT2D eigenvalue weighted by Gasteiger charge is -2.34. The van der Waals surface area contributed by atoms with E-state index < -0.39 is 17.3 Å². The van der Waals surface area contributed by atoms with Gasteiger partial charge in [-0.2, -0.15) is 0 Å². The molecule has 2 aromatic heterocycles. The standard InChI is InChI=1S/C22H21FN8O2S/c23-15-5-27-21(28-6-15)31-9-14-11-34-20(24)30-22(14,12-31)13-2-1-3-16(4-13)29-19(33)18-8-25-17(10-32)7-26-18/h1-8,14,32H,9-12H2,(H2,24,30)(H,29,33)/t14-,22+/m0/s1. The topological polar surface area (TPSA) is 143 Å². The van der Waals surface area contributed by atoms with Crippen molar-refractivity contribution in [2.75, 3.05) is 29.1 Å². The van der Waals surface area contributed by atoms with E-state index in [0.29, 0.717) is 35.6 Å². The molecule has 4 N–H and O–H groups in total. The number of amidine groups is 1. The second-order valence-electron chi connectivity index (χ2n) is 8.05.